The molecule has 158 valence electrons. The van der Waals surface area contributed by atoms with Crippen LogP contribution in [0.15, 0.2) is 56.5 Å². The molecule has 4 rings (SSSR count). The molecule has 0 saturated heterocycles. The Morgan fingerprint density at radius 3 is 2.48 bits per heavy atom. The van der Waals surface area contributed by atoms with Crippen molar-refractivity contribution in [1.29, 1.82) is 0 Å². The van der Waals surface area contributed by atoms with Gasteiger partial charge in [0.15, 0.2) is 5.69 Å². The standard InChI is InChI=1S/C24H22N2O5/c1-13(2)26-23(28)19-8-6-5-7-18(19)21(25-26)24(29)30-12-16-11-20(27)31-22-15(4)14(3)9-10-17(16)22/h5-11,13H,12H2,1-4H3. The second kappa shape index (κ2) is 7.83. The summed E-state index contributed by atoms with van der Waals surface area (Å²) in [5, 5.41) is 5.80. The van der Waals surface area contributed by atoms with Crippen molar-refractivity contribution in [3.63, 3.8) is 0 Å². The molecular weight excluding hydrogens is 396 g/mol. The monoisotopic (exact) mass is 418 g/mol. The highest BCUT2D eigenvalue weighted by atomic mass is 16.5. The van der Waals surface area contributed by atoms with E-state index in [0.29, 0.717) is 27.3 Å². The van der Waals surface area contributed by atoms with Crippen LogP contribution in [0.1, 0.15) is 47.1 Å². The van der Waals surface area contributed by atoms with Crippen molar-refractivity contribution in [2.75, 3.05) is 0 Å². The molecule has 7 nitrogen and oxygen atoms in total. The number of hydrogen-bond donors (Lipinski definition) is 0. The van der Waals surface area contributed by atoms with Gasteiger partial charge in [0, 0.05) is 22.4 Å². The van der Waals surface area contributed by atoms with Crippen molar-refractivity contribution < 1.29 is 13.9 Å². The molecule has 2 aromatic heterocycles. The highest BCUT2D eigenvalue weighted by Gasteiger charge is 2.20. The number of esters is 1. The van der Waals surface area contributed by atoms with Gasteiger partial charge in [-0.3, -0.25) is 4.79 Å². The molecule has 2 heterocycles. The zero-order valence-electron chi connectivity index (χ0n) is 17.8. The molecule has 0 atom stereocenters. The maximum Gasteiger partial charge on any atom is 0.359 e. The topological polar surface area (TPSA) is 91.4 Å². The van der Waals surface area contributed by atoms with E-state index in [0.717, 1.165) is 11.1 Å². The van der Waals surface area contributed by atoms with E-state index in [4.69, 9.17) is 9.15 Å². The normalized spacial score (nSPS) is 11.4. The highest BCUT2D eigenvalue weighted by molar-refractivity contribution is 6.02. The first kappa shape index (κ1) is 20.5. The minimum absolute atomic E-state index is 0.0585. The Hall–Kier alpha value is -3.74. The number of rotatable bonds is 4. The SMILES string of the molecule is Cc1ccc2c(COC(=O)c3nn(C(C)C)c(=O)c4ccccc34)cc(=O)oc2c1C. The third kappa shape index (κ3) is 3.63. The van der Waals surface area contributed by atoms with Gasteiger partial charge in [0.25, 0.3) is 5.56 Å². The van der Waals surface area contributed by atoms with Gasteiger partial charge < -0.3 is 9.15 Å². The predicted octanol–water partition coefficient (Wildman–Crippen LogP) is 4.06. The zero-order valence-corrected chi connectivity index (χ0v) is 17.8. The van der Waals surface area contributed by atoms with Crippen LogP contribution in [0.3, 0.4) is 0 Å². The fraction of sp³-hybridized carbons (Fsp3) is 0.250. The number of fused-ring (bicyclic) bond motifs is 2. The minimum atomic E-state index is -0.671. The van der Waals surface area contributed by atoms with Crippen LogP contribution in [0.5, 0.6) is 0 Å². The van der Waals surface area contributed by atoms with Gasteiger partial charge in [0.05, 0.1) is 11.4 Å². The largest absolute Gasteiger partial charge is 0.456 e. The van der Waals surface area contributed by atoms with Crippen molar-refractivity contribution in [3.8, 4) is 0 Å². The number of carbonyl (C=O) groups is 1. The summed E-state index contributed by atoms with van der Waals surface area (Å²) in [7, 11) is 0. The van der Waals surface area contributed by atoms with Crippen LogP contribution >= 0.6 is 0 Å². The average Bonchev–Trinajstić information content (AvgIpc) is 2.75. The molecule has 0 spiro atoms. The summed E-state index contributed by atoms with van der Waals surface area (Å²) in [6.45, 7) is 7.32. The molecule has 0 aliphatic carbocycles. The van der Waals surface area contributed by atoms with E-state index < -0.39 is 11.6 Å². The van der Waals surface area contributed by atoms with Gasteiger partial charge in [0.1, 0.15) is 12.2 Å². The second-order valence-electron chi connectivity index (χ2n) is 7.79. The summed E-state index contributed by atoms with van der Waals surface area (Å²) < 4.78 is 12.2. The van der Waals surface area contributed by atoms with Gasteiger partial charge in [-0.25, -0.2) is 14.3 Å². The number of hydrogen-bond acceptors (Lipinski definition) is 6. The maximum absolute atomic E-state index is 13.0. The van der Waals surface area contributed by atoms with Gasteiger partial charge in [-0.2, -0.15) is 5.10 Å². The first-order valence-corrected chi connectivity index (χ1v) is 9.99. The molecule has 0 N–H and O–H groups in total. The Balaban J connectivity index is 1.75. The van der Waals surface area contributed by atoms with Crippen molar-refractivity contribution in [2.45, 2.75) is 40.3 Å². The average molecular weight is 418 g/mol. The molecule has 0 unspecified atom stereocenters. The predicted molar refractivity (Wildman–Crippen MR) is 117 cm³/mol. The van der Waals surface area contributed by atoms with Crippen LogP contribution in [0.25, 0.3) is 21.7 Å². The van der Waals surface area contributed by atoms with E-state index in [1.807, 2.05) is 39.8 Å². The van der Waals surface area contributed by atoms with E-state index in [-0.39, 0.29) is 23.9 Å². The smallest absolute Gasteiger partial charge is 0.359 e. The van der Waals surface area contributed by atoms with E-state index in [9.17, 15) is 14.4 Å². The fourth-order valence-electron chi connectivity index (χ4n) is 3.56. The lowest BCUT2D eigenvalue weighted by atomic mass is 10.0. The molecule has 31 heavy (non-hydrogen) atoms. The van der Waals surface area contributed by atoms with Crippen LogP contribution in [0, 0.1) is 13.8 Å². The zero-order chi connectivity index (χ0) is 22.3. The Bertz CT molecular complexity index is 1450. The van der Waals surface area contributed by atoms with Crippen molar-refractivity contribution in [1.82, 2.24) is 9.78 Å². The molecular formula is C24H22N2O5. The number of benzene rings is 2. The maximum atomic E-state index is 13.0. The van der Waals surface area contributed by atoms with Gasteiger partial charge in [-0.1, -0.05) is 30.3 Å². The first-order valence-electron chi connectivity index (χ1n) is 9.99. The highest BCUT2D eigenvalue weighted by Crippen LogP contribution is 2.24. The van der Waals surface area contributed by atoms with Crippen molar-refractivity contribution in [2.24, 2.45) is 0 Å². The van der Waals surface area contributed by atoms with Crippen molar-refractivity contribution >= 4 is 27.7 Å². The third-order valence-corrected chi connectivity index (χ3v) is 5.39. The summed E-state index contributed by atoms with van der Waals surface area (Å²) in [6.07, 6.45) is 0. The van der Waals surface area contributed by atoms with E-state index in [1.165, 1.54) is 10.7 Å². The van der Waals surface area contributed by atoms with Crippen LogP contribution in [-0.4, -0.2) is 15.7 Å². The van der Waals surface area contributed by atoms with Crippen LogP contribution < -0.4 is 11.2 Å². The lowest BCUT2D eigenvalue weighted by Gasteiger charge is -2.13. The van der Waals surface area contributed by atoms with Gasteiger partial charge >= 0.3 is 11.6 Å². The summed E-state index contributed by atoms with van der Waals surface area (Å²) in [4.78, 5) is 37.7. The third-order valence-electron chi connectivity index (χ3n) is 5.39. The lowest BCUT2D eigenvalue weighted by molar-refractivity contribution is 0.0466. The van der Waals surface area contributed by atoms with E-state index >= 15 is 0 Å². The Kier molecular flexibility index (Phi) is 5.19. The summed E-state index contributed by atoms with van der Waals surface area (Å²) >= 11 is 0. The molecule has 0 saturated carbocycles. The molecule has 0 radical (unpaired) electrons. The Morgan fingerprint density at radius 2 is 1.77 bits per heavy atom. The molecule has 0 aliphatic rings. The van der Waals surface area contributed by atoms with Gasteiger partial charge in [-0.15, -0.1) is 0 Å². The van der Waals surface area contributed by atoms with E-state index in [2.05, 4.69) is 5.10 Å². The molecule has 0 bridgehead atoms. The molecule has 7 heteroatoms. The van der Waals surface area contributed by atoms with Crippen LogP contribution in [0.4, 0.5) is 0 Å². The lowest BCUT2D eigenvalue weighted by Crippen LogP contribution is -2.27. The minimum Gasteiger partial charge on any atom is -0.456 e. The van der Waals surface area contributed by atoms with Crippen LogP contribution in [-0.2, 0) is 11.3 Å². The molecule has 0 aliphatic heterocycles. The fourth-order valence-corrected chi connectivity index (χ4v) is 3.56. The van der Waals surface area contributed by atoms with Crippen LogP contribution in [0.2, 0.25) is 0 Å². The summed E-state index contributed by atoms with van der Waals surface area (Å²) in [5.74, 6) is -0.671. The van der Waals surface area contributed by atoms with Crippen molar-refractivity contribution in [3.05, 3.63) is 85.6 Å². The molecule has 0 amide bonds. The van der Waals surface area contributed by atoms with E-state index in [1.54, 1.807) is 24.3 Å². The molecule has 2 aromatic carbocycles. The number of aryl methyl sites for hydroxylation is 2. The molecule has 4 aromatic rings. The number of ether oxygens (including phenoxy) is 1. The summed E-state index contributed by atoms with van der Waals surface area (Å²) in [6, 6.07) is 11.7. The second-order valence-corrected chi connectivity index (χ2v) is 7.79. The number of nitrogens with zero attached hydrogens (tertiary/aromatic N) is 2. The summed E-state index contributed by atoms with van der Waals surface area (Å²) in [5.41, 5.74) is 2.17. The van der Waals surface area contributed by atoms with Gasteiger partial charge in [0.2, 0.25) is 0 Å². The Labute approximate surface area is 177 Å². The number of aromatic nitrogens is 2. The Morgan fingerprint density at radius 1 is 1.06 bits per heavy atom. The number of carbonyl (C=O) groups excluding carboxylic acids is 1. The van der Waals surface area contributed by atoms with Gasteiger partial charge in [-0.05, 0) is 44.9 Å². The molecule has 0 fully saturated rings. The quantitative estimate of drug-likeness (QED) is 0.367. The first-order chi connectivity index (χ1) is 14.8.